The van der Waals surface area contributed by atoms with Crippen molar-refractivity contribution in [1.82, 2.24) is 20.0 Å². The summed E-state index contributed by atoms with van der Waals surface area (Å²) in [5, 5.41) is 1.96. The van der Waals surface area contributed by atoms with Crippen LogP contribution in [0.15, 0.2) is 24.3 Å². The SMILES string of the molecule is CC.CC(F)(F)F.Cc1c(C(=O)NN2CCCCC2)nc(-c2cccc(C(F)(F)P)c2)n1CC1CCCCC1. The standard InChI is InChI=1S/C24H33F2N4OP.C2H3F3.C2H6/c1-17-21(23(31)28-29-13-6-3-7-14-29)27-22(30(17)16-18-9-4-2-5-10-18)19-11-8-12-20(15-19)24(25,26)32;1-2(3,4)5;1-2/h8,11-12,15,18H,2-7,9-10,13-14,16,32H2,1H3,(H,28,31);1H3;1-2H3. The van der Waals surface area contributed by atoms with Crippen molar-refractivity contribution < 1.29 is 26.7 Å². The number of aromatic nitrogens is 2. The smallest absolute Gasteiger partial charge is 0.327 e. The summed E-state index contributed by atoms with van der Waals surface area (Å²) in [7, 11) is 1.60. The molecule has 0 spiro atoms. The molecular formula is C28H42F5N4OP. The van der Waals surface area contributed by atoms with E-state index in [1.807, 2.05) is 25.8 Å². The van der Waals surface area contributed by atoms with E-state index in [-0.39, 0.29) is 18.4 Å². The normalized spacial score (nSPS) is 17.0. The van der Waals surface area contributed by atoms with Crippen LogP contribution in [0.3, 0.4) is 0 Å². The number of carbonyl (C=O) groups excluding carboxylic acids is 1. The summed E-state index contributed by atoms with van der Waals surface area (Å²) in [6.07, 6.45) is 5.30. The van der Waals surface area contributed by atoms with Gasteiger partial charge in [-0.05, 0) is 44.6 Å². The highest BCUT2D eigenvalue weighted by atomic mass is 31.0. The number of hydrazine groups is 1. The van der Waals surface area contributed by atoms with Crippen molar-refractivity contribution in [3.63, 3.8) is 0 Å². The highest BCUT2D eigenvalue weighted by Gasteiger charge is 2.28. The molecule has 2 aromatic rings. The third-order valence-corrected chi connectivity index (χ3v) is 7.06. The number of halogens is 5. The van der Waals surface area contributed by atoms with Crippen LogP contribution in [0.1, 0.15) is 93.9 Å². The molecule has 1 aliphatic carbocycles. The number of carbonyl (C=O) groups is 1. The lowest BCUT2D eigenvalue weighted by atomic mass is 9.89. The topological polar surface area (TPSA) is 50.2 Å². The number of benzene rings is 1. The first kappa shape index (κ1) is 33.1. The van der Waals surface area contributed by atoms with Crippen molar-refractivity contribution in [2.75, 3.05) is 13.1 Å². The van der Waals surface area contributed by atoms with E-state index in [4.69, 9.17) is 4.98 Å². The molecule has 0 bridgehead atoms. The molecule has 2 fully saturated rings. The molecule has 1 amide bonds. The summed E-state index contributed by atoms with van der Waals surface area (Å²) in [6, 6.07) is 6.33. The average molecular weight is 577 g/mol. The fraction of sp³-hybridized carbons (Fsp3) is 0.643. The Kier molecular flexibility index (Phi) is 12.8. The van der Waals surface area contributed by atoms with Gasteiger partial charge in [-0.3, -0.25) is 10.2 Å². The minimum atomic E-state index is -4.00. The van der Waals surface area contributed by atoms with Gasteiger partial charge in [0.2, 0.25) is 0 Å². The van der Waals surface area contributed by atoms with Gasteiger partial charge < -0.3 is 4.57 Å². The molecule has 1 N–H and O–H groups in total. The molecule has 1 saturated carbocycles. The quantitative estimate of drug-likeness (QED) is 0.279. The molecule has 1 aromatic heterocycles. The van der Waals surface area contributed by atoms with Gasteiger partial charge >= 0.3 is 6.18 Å². The Balaban J connectivity index is 0.000000686. The molecule has 0 radical (unpaired) electrons. The van der Waals surface area contributed by atoms with Gasteiger partial charge in [-0.15, -0.1) is 0 Å². The molecule has 1 unspecified atom stereocenters. The van der Waals surface area contributed by atoms with Gasteiger partial charge in [0, 0.05) is 43.4 Å². The molecule has 1 aromatic carbocycles. The van der Waals surface area contributed by atoms with E-state index in [0.717, 1.165) is 51.0 Å². The van der Waals surface area contributed by atoms with Crippen molar-refractivity contribution in [1.29, 1.82) is 0 Å². The zero-order chi connectivity index (χ0) is 29.2. The van der Waals surface area contributed by atoms with Gasteiger partial charge in [-0.2, -0.15) is 22.0 Å². The van der Waals surface area contributed by atoms with Crippen molar-refractivity contribution >= 4 is 15.1 Å². The van der Waals surface area contributed by atoms with E-state index in [1.165, 1.54) is 37.8 Å². The minimum Gasteiger partial charge on any atom is -0.327 e. The van der Waals surface area contributed by atoms with E-state index >= 15 is 0 Å². The van der Waals surface area contributed by atoms with Gasteiger partial charge in [-0.25, -0.2) is 9.99 Å². The first-order chi connectivity index (χ1) is 18.3. The molecular weight excluding hydrogens is 534 g/mol. The summed E-state index contributed by atoms with van der Waals surface area (Å²) in [4.78, 5) is 17.8. The Morgan fingerprint density at radius 1 is 1.03 bits per heavy atom. The summed E-state index contributed by atoms with van der Waals surface area (Å²) in [6.45, 7) is 8.54. The van der Waals surface area contributed by atoms with Gasteiger partial charge in [0.05, 0.1) is 0 Å². The lowest BCUT2D eigenvalue weighted by Crippen LogP contribution is -2.45. The second kappa shape index (κ2) is 15.1. The predicted octanol–water partition coefficient (Wildman–Crippen LogP) is 8.09. The van der Waals surface area contributed by atoms with Gasteiger partial charge in [0.25, 0.3) is 11.6 Å². The van der Waals surface area contributed by atoms with Gasteiger partial charge in [0.1, 0.15) is 5.82 Å². The van der Waals surface area contributed by atoms with Crippen LogP contribution in [0.2, 0.25) is 0 Å². The molecule has 1 saturated heterocycles. The molecule has 2 heterocycles. The predicted molar refractivity (Wildman–Crippen MR) is 149 cm³/mol. The summed E-state index contributed by atoms with van der Waals surface area (Å²) in [5.41, 5.74) is 1.69. The van der Waals surface area contributed by atoms with Crippen LogP contribution >= 0.6 is 9.24 Å². The van der Waals surface area contributed by atoms with Crippen LogP contribution in [0.5, 0.6) is 0 Å². The molecule has 1 atom stereocenters. The monoisotopic (exact) mass is 576 g/mol. The average Bonchev–Trinajstić information content (AvgIpc) is 3.21. The number of hydrogen-bond acceptors (Lipinski definition) is 3. The number of rotatable bonds is 6. The van der Waals surface area contributed by atoms with E-state index in [0.29, 0.717) is 23.0 Å². The maximum Gasteiger partial charge on any atom is 0.386 e. The van der Waals surface area contributed by atoms with Crippen molar-refractivity contribution in [2.45, 2.75) is 97.4 Å². The van der Waals surface area contributed by atoms with Crippen LogP contribution < -0.4 is 5.43 Å². The Hall–Kier alpha value is -2.06. The van der Waals surface area contributed by atoms with Crippen LogP contribution in [0.25, 0.3) is 11.4 Å². The highest BCUT2D eigenvalue weighted by molar-refractivity contribution is 7.17. The van der Waals surface area contributed by atoms with Gasteiger partial charge in [0.15, 0.2) is 5.69 Å². The fourth-order valence-corrected chi connectivity index (χ4v) is 5.07. The summed E-state index contributed by atoms with van der Waals surface area (Å²) >= 11 is 0. The third kappa shape index (κ3) is 10.8. The zero-order valence-corrected chi connectivity index (χ0v) is 24.5. The molecule has 4 rings (SSSR count). The lowest BCUT2D eigenvalue weighted by molar-refractivity contribution is -0.110. The summed E-state index contributed by atoms with van der Waals surface area (Å²) in [5.74, 6) is 0.883. The number of nitrogens with one attached hydrogen (secondary N) is 1. The van der Waals surface area contributed by atoms with Crippen LogP contribution in [0.4, 0.5) is 22.0 Å². The number of amides is 1. The largest absolute Gasteiger partial charge is 0.386 e. The Morgan fingerprint density at radius 2 is 1.59 bits per heavy atom. The number of piperidine rings is 1. The zero-order valence-electron chi connectivity index (χ0n) is 23.4. The highest BCUT2D eigenvalue weighted by Crippen LogP contribution is 2.37. The minimum absolute atomic E-state index is 0.0795. The Labute approximate surface area is 231 Å². The van der Waals surface area contributed by atoms with Crippen LogP contribution in [-0.4, -0.2) is 39.7 Å². The first-order valence-electron chi connectivity index (χ1n) is 13.8. The second-order valence-electron chi connectivity index (χ2n) is 9.96. The first-order valence-corrected chi connectivity index (χ1v) is 14.4. The number of alkyl halides is 5. The van der Waals surface area contributed by atoms with E-state index in [9.17, 15) is 26.7 Å². The molecule has 1 aliphatic heterocycles. The third-order valence-electron chi connectivity index (χ3n) is 6.72. The van der Waals surface area contributed by atoms with Crippen molar-refractivity contribution in [3.8, 4) is 11.4 Å². The summed E-state index contributed by atoms with van der Waals surface area (Å²) < 4.78 is 61.1. The fourth-order valence-electron chi connectivity index (χ4n) is 4.89. The van der Waals surface area contributed by atoms with E-state index in [1.54, 1.807) is 21.4 Å². The second-order valence-corrected chi connectivity index (χ2v) is 10.7. The molecule has 5 nitrogen and oxygen atoms in total. The van der Waals surface area contributed by atoms with E-state index in [2.05, 4.69) is 9.99 Å². The number of nitrogens with zero attached hydrogens (tertiary/aromatic N) is 3. The number of hydrogen-bond donors (Lipinski definition) is 1. The number of imidazole rings is 1. The van der Waals surface area contributed by atoms with Crippen LogP contribution in [-0.2, 0) is 12.2 Å². The molecule has 39 heavy (non-hydrogen) atoms. The lowest BCUT2D eigenvalue weighted by Gasteiger charge is -2.26. The maximum absolute atomic E-state index is 14.0. The molecule has 11 heteroatoms. The Bertz CT molecular complexity index is 1030. The van der Waals surface area contributed by atoms with E-state index < -0.39 is 11.8 Å². The Morgan fingerprint density at radius 3 is 2.15 bits per heavy atom. The maximum atomic E-state index is 14.0. The molecule has 220 valence electrons. The van der Waals surface area contributed by atoms with Crippen LogP contribution in [0, 0.1) is 12.8 Å². The molecule has 2 aliphatic rings. The van der Waals surface area contributed by atoms with Crippen molar-refractivity contribution in [2.24, 2.45) is 5.92 Å². The van der Waals surface area contributed by atoms with Gasteiger partial charge in [-0.1, -0.05) is 67.0 Å². The van der Waals surface area contributed by atoms with Crippen molar-refractivity contribution in [3.05, 3.63) is 41.2 Å².